The molecule has 2 aromatic rings. The van der Waals surface area contributed by atoms with Crippen LogP contribution in [0.25, 0.3) is 11.6 Å². The molecule has 1 aromatic heterocycles. The minimum atomic E-state index is -4.33. The van der Waals surface area contributed by atoms with Crippen molar-refractivity contribution in [1.82, 2.24) is 4.98 Å². The summed E-state index contributed by atoms with van der Waals surface area (Å²) in [7, 11) is 0. The van der Waals surface area contributed by atoms with Gasteiger partial charge in [-0.05, 0) is 35.9 Å². The minimum absolute atomic E-state index is 0.229. The lowest BCUT2D eigenvalue weighted by Crippen LogP contribution is -2.34. The predicted octanol–water partition coefficient (Wildman–Crippen LogP) is 3.20. The van der Waals surface area contributed by atoms with Crippen LogP contribution in [0.5, 0.6) is 5.75 Å². The summed E-state index contributed by atoms with van der Waals surface area (Å²) >= 11 is 0. The summed E-state index contributed by atoms with van der Waals surface area (Å²) in [6, 6.07) is 12.4. The number of hydrogen-bond donors (Lipinski definition) is 1. The molecule has 0 amide bonds. The van der Waals surface area contributed by atoms with Crippen LogP contribution in [-0.4, -0.2) is 22.2 Å². The molecule has 0 spiro atoms. The largest absolute Gasteiger partial charge is 0.501 e. The highest BCUT2D eigenvalue weighted by Crippen LogP contribution is 2.24. The van der Waals surface area contributed by atoms with Gasteiger partial charge in [0.05, 0.1) is 11.3 Å². The smallest absolute Gasteiger partial charge is 0.474 e. The van der Waals surface area contributed by atoms with E-state index in [4.69, 9.17) is 5.11 Å². The van der Waals surface area contributed by atoms with E-state index < -0.39 is 12.1 Å². The minimum Gasteiger partial charge on any atom is -0.474 e. The maximum atomic E-state index is 13.1. The second-order valence-corrected chi connectivity index (χ2v) is 4.38. The van der Waals surface area contributed by atoms with E-state index in [1.165, 1.54) is 30.5 Å². The summed E-state index contributed by atoms with van der Waals surface area (Å²) < 4.78 is 30.3. The first kappa shape index (κ1) is 16.1. The Bertz CT molecular complexity index is 783. The van der Waals surface area contributed by atoms with Gasteiger partial charge in [-0.1, -0.05) is 18.2 Å². The van der Waals surface area contributed by atoms with Gasteiger partial charge in [-0.3, -0.25) is 4.98 Å². The molecule has 23 heavy (non-hydrogen) atoms. The van der Waals surface area contributed by atoms with Crippen LogP contribution in [0.15, 0.2) is 48.7 Å². The van der Waals surface area contributed by atoms with Crippen molar-refractivity contribution in [2.45, 2.75) is 6.11 Å². The molecule has 0 aliphatic carbocycles. The van der Waals surface area contributed by atoms with Crippen LogP contribution in [0.1, 0.15) is 11.3 Å². The standard InChI is InChI=1S/C16H10F2N2O3/c17-16(18,15(21)22)23-13-5-3-4-11(9-13)8-12(10-19)14-6-1-2-7-20-14/h1-9H,(H,21,22). The van der Waals surface area contributed by atoms with Gasteiger partial charge in [0, 0.05) is 6.20 Å². The van der Waals surface area contributed by atoms with E-state index in [-0.39, 0.29) is 11.3 Å². The number of rotatable bonds is 5. The average Bonchev–Trinajstić information content (AvgIpc) is 2.53. The molecule has 0 atom stereocenters. The first-order chi connectivity index (χ1) is 10.9. The van der Waals surface area contributed by atoms with Gasteiger partial charge >= 0.3 is 12.1 Å². The monoisotopic (exact) mass is 316 g/mol. The van der Waals surface area contributed by atoms with Crippen LogP contribution in [0.3, 0.4) is 0 Å². The number of allylic oxidation sites excluding steroid dienone is 1. The van der Waals surface area contributed by atoms with Gasteiger partial charge in [0.1, 0.15) is 11.8 Å². The van der Waals surface area contributed by atoms with E-state index in [0.29, 0.717) is 11.3 Å². The molecule has 2 rings (SSSR count). The number of benzene rings is 1. The lowest BCUT2D eigenvalue weighted by atomic mass is 10.1. The number of hydrogen-bond acceptors (Lipinski definition) is 4. The van der Waals surface area contributed by atoms with Crippen molar-refractivity contribution in [3.63, 3.8) is 0 Å². The van der Waals surface area contributed by atoms with Crippen LogP contribution in [-0.2, 0) is 4.79 Å². The summed E-state index contributed by atoms with van der Waals surface area (Å²) in [5, 5.41) is 17.5. The van der Waals surface area contributed by atoms with Crippen LogP contribution in [0.2, 0.25) is 0 Å². The molecule has 0 saturated heterocycles. The second-order valence-electron chi connectivity index (χ2n) is 4.38. The molecule has 0 bridgehead atoms. The fraction of sp³-hybridized carbons (Fsp3) is 0.0625. The SMILES string of the molecule is N#CC(=Cc1cccc(OC(F)(F)C(=O)O)c1)c1ccccn1. The number of alkyl halides is 2. The van der Waals surface area contributed by atoms with Gasteiger partial charge in [0.15, 0.2) is 0 Å². The molecular weight excluding hydrogens is 306 g/mol. The van der Waals surface area contributed by atoms with E-state index in [0.717, 1.165) is 0 Å². The van der Waals surface area contributed by atoms with Crippen molar-refractivity contribution in [2.75, 3.05) is 0 Å². The zero-order chi connectivity index (χ0) is 16.9. The number of nitrogens with zero attached hydrogens (tertiary/aromatic N) is 2. The first-order valence-corrected chi connectivity index (χ1v) is 6.36. The number of carboxylic acid groups (broad SMARTS) is 1. The molecule has 0 aliphatic heterocycles. The van der Waals surface area contributed by atoms with Crippen LogP contribution < -0.4 is 4.74 Å². The van der Waals surface area contributed by atoms with Crippen molar-refractivity contribution < 1.29 is 23.4 Å². The normalized spacial score (nSPS) is 11.6. The van der Waals surface area contributed by atoms with Crippen LogP contribution in [0, 0.1) is 11.3 Å². The molecule has 1 heterocycles. The summed E-state index contributed by atoms with van der Waals surface area (Å²) in [6.07, 6.45) is -1.37. The van der Waals surface area contributed by atoms with E-state index in [1.54, 1.807) is 24.3 Å². The number of pyridine rings is 1. The first-order valence-electron chi connectivity index (χ1n) is 6.36. The number of halogens is 2. The van der Waals surface area contributed by atoms with Gasteiger partial charge in [-0.25, -0.2) is 4.79 Å². The van der Waals surface area contributed by atoms with Crippen molar-refractivity contribution >= 4 is 17.6 Å². The number of aromatic nitrogens is 1. The molecule has 5 nitrogen and oxygen atoms in total. The predicted molar refractivity (Wildman–Crippen MR) is 77.4 cm³/mol. The molecular formula is C16H10F2N2O3. The highest BCUT2D eigenvalue weighted by atomic mass is 19.3. The number of nitriles is 1. The Kier molecular flexibility index (Phi) is 4.66. The topological polar surface area (TPSA) is 83.2 Å². The van der Waals surface area contributed by atoms with Gasteiger partial charge in [0.25, 0.3) is 0 Å². The van der Waals surface area contributed by atoms with Gasteiger partial charge in [-0.2, -0.15) is 14.0 Å². The highest BCUT2D eigenvalue weighted by molar-refractivity contribution is 5.88. The molecule has 0 radical (unpaired) electrons. The molecule has 0 unspecified atom stereocenters. The molecule has 116 valence electrons. The Morgan fingerprint density at radius 3 is 2.70 bits per heavy atom. The number of carboxylic acids is 1. The fourth-order valence-corrected chi connectivity index (χ4v) is 1.71. The summed E-state index contributed by atoms with van der Waals surface area (Å²) in [6.45, 7) is 0. The van der Waals surface area contributed by atoms with Gasteiger partial charge in [0.2, 0.25) is 0 Å². The van der Waals surface area contributed by atoms with Crippen molar-refractivity contribution in [1.29, 1.82) is 5.26 Å². The quantitative estimate of drug-likeness (QED) is 0.856. The maximum Gasteiger partial charge on any atom is 0.501 e. The third-order valence-corrected chi connectivity index (χ3v) is 2.73. The molecule has 0 saturated carbocycles. The molecule has 0 aliphatic rings. The third kappa shape index (κ3) is 4.11. The molecule has 1 aromatic carbocycles. The van der Waals surface area contributed by atoms with Crippen molar-refractivity contribution in [2.24, 2.45) is 0 Å². The van der Waals surface area contributed by atoms with Crippen LogP contribution in [0.4, 0.5) is 8.78 Å². The molecule has 7 heteroatoms. The van der Waals surface area contributed by atoms with E-state index in [9.17, 15) is 18.8 Å². The van der Waals surface area contributed by atoms with Crippen molar-refractivity contribution in [3.05, 3.63) is 59.9 Å². The second kappa shape index (κ2) is 6.66. The number of ether oxygens (including phenoxy) is 1. The zero-order valence-electron chi connectivity index (χ0n) is 11.6. The maximum absolute atomic E-state index is 13.1. The zero-order valence-corrected chi connectivity index (χ0v) is 11.6. The Morgan fingerprint density at radius 1 is 1.30 bits per heavy atom. The fourth-order valence-electron chi connectivity index (χ4n) is 1.71. The lowest BCUT2D eigenvalue weighted by Gasteiger charge is -2.13. The Labute approximate surface area is 130 Å². The Balaban J connectivity index is 2.31. The summed E-state index contributed by atoms with van der Waals surface area (Å²) in [5.74, 6) is -2.71. The van der Waals surface area contributed by atoms with E-state index >= 15 is 0 Å². The van der Waals surface area contributed by atoms with E-state index in [2.05, 4.69) is 9.72 Å². The van der Waals surface area contributed by atoms with E-state index in [1.807, 2.05) is 6.07 Å². The molecule has 0 fully saturated rings. The number of carbonyl (C=O) groups is 1. The Hall–Kier alpha value is -3.27. The van der Waals surface area contributed by atoms with Crippen LogP contribution >= 0.6 is 0 Å². The Morgan fingerprint density at radius 2 is 2.09 bits per heavy atom. The summed E-state index contributed by atoms with van der Waals surface area (Å²) in [4.78, 5) is 14.4. The highest BCUT2D eigenvalue weighted by Gasteiger charge is 2.42. The molecule has 1 N–H and O–H groups in total. The van der Waals surface area contributed by atoms with Gasteiger partial charge in [-0.15, -0.1) is 0 Å². The van der Waals surface area contributed by atoms with Gasteiger partial charge < -0.3 is 9.84 Å². The van der Waals surface area contributed by atoms with Crippen molar-refractivity contribution in [3.8, 4) is 11.8 Å². The average molecular weight is 316 g/mol. The number of aliphatic carboxylic acids is 1. The summed E-state index contributed by atoms with van der Waals surface area (Å²) in [5.41, 5.74) is 1.05. The third-order valence-electron chi connectivity index (χ3n) is 2.73. The lowest BCUT2D eigenvalue weighted by molar-refractivity contribution is -0.210.